The molecule has 1 aliphatic heterocycles. The molecule has 0 spiro atoms. The van der Waals surface area contributed by atoms with E-state index in [0.717, 1.165) is 49.7 Å². The summed E-state index contributed by atoms with van der Waals surface area (Å²) in [7, 11) is 0. The molecule has 0 amide bonds. The average molecular weight is 363 g/mol. The molecule has 26 heavy (non-hydrogen) atoms. The summed E-state index contributed by atoms with van der Waals surface area (Å²) in [6.45, 7) is 12.0. The van der Waals surface area contributed by atoms with E-state index in [1.807, 2.05) is 13.0 Å². The molecule has 1 fully saturated rings. The molecule has 0 bridgehead atoms. The van der Waals surface area contributed by atoms with E-state index in [1.165, 1.54) is 12.5 Å². The van der Waals surface area contributed by atoms with Crippen LogP contribution in [0.5, 0.6) is 0 Å². The second kappa shape index (κ2) is 9.01. The predicted molar refractivity (Wildman–Crippen MR) is 104 cm³/mol. The molecule has 146 valence electrons. The molecule has 1 N–H and O–H groups in total. The normalized spacial score (nSPS) is 37.2. The third-order valence-corrected chi connectivity index (χ3v) is 5.66. The standard InChI is InChI=1S/C22H34O4/c1-15(2)19-10-8-16(3)7-6-12-22(5)21(26-22)11-9-18(13-20(19)24)14-25-17(4)23/h7,13,19-21,24H,1,6,8-12,14H2,2-5H3/b16-7+,18-13+/t19?,20-,21-,22-/m0/s1. The van der Waals surface area contributed by atoms with E-state index < -0.39 is 6.10 Å². The lowest BCUT2D eigenvalue weighted by atomic mass is 9.87. The molecule has 1 saturated heterocycles. The number of rotatable bonds is 3. The highest BCUT2D eigenvalue weighted by Gasteiger charge is 2.50. The van der Waals surface area contributed by atoms with E-state index in [1.54, 1.807) is 0 Å². The lowest BCUT2D eigenvalue weighted by molar-refractivity contribution is -0.140. The quantitative estimate of drug-likeness (QED) is 0.457. The van der Waals surface area contributed by atoms with Crippen LogP contribution in [0.3, 0.4) is 0 Å². The highest BCUT2D eigenvalue weighted by Crippen LogP contribution is 2.43. The van der Waals surface area contributed by atoms with Crippen LogP contribution < -0.4 is 0 Å². The molecule has 4 nitrogen and oxygen atoms in total. The Morgan fingerprint density at radius 3 is 2.77 bits per heavy atom. The van der Waals surface area contributed by atoms with Crippen molar-refractivity contribution in [1.29, 1.82) is 0 Å². The van der Waals surface area contributed by atoms with Crippen LogP contribution in [0.15, 0.2) is 35.5 Å². The van der Waals surface area contributed by atoms with E-state index in [2.05, 4.69) is 26.5 Å². The summed E-state index contributed by atoms with van der Waals surface area (Å²) in [6.07, 6.45) is 9.33. The Bertz CT molecular complexity index is 589. The van der Waals surface area contributed by atoms with E-state index in [-0.39, 0.29) is 30.2 Å². The van der Waals surface area contributed by atoms with Gasteiger partial charge in [-0.3, -0.25) is 4.79 Å². The van der Waals surface area contributed by atoms with Crippen molar-refractivity contribution in [2.75, 3.05) is 6.61 Å². The zero-order chi connectivity index (χ0) is 19.3. The Morgan fingerprint density at radius 2 is 2.12 bits per heavy atom. The number of ether oxygens (including phenoxy) is 2. The summed E-state index contributed by atoms with van der Waals surface area (Å²) in [5, 5.41) is 10.8. The van der Waals surface area contributed by atoms with Gasteiger partial charge >= 0.3 is 5.97 Å². The Morgan fingerprint density at radius 1 is 1.38 bits per heavy atom. The fourth-order valence-electron chi connectivity index (χ4n) is 3.75. The summed E-state index contributed by atoms with van der Waals surface area (Å²) in [4.78, 5) is 11.2. The molecule has 4 atom stereocenters. The van der Waals surface area contributed by atoms with E-state index in [9.17, 15) is 9.90 Å². The Labute approximate surface area is 158 Å². The second-order valence-electron chi connectivity index (χ2n) is 8.13. The topological polar surface area (TPSA) is 59.1 Å². The van der Waals surface area contributed by atoms with Crippen molar-refractivity contribution in [1.82, 2.24) is 0 Å². The molecule has 1 heterocycles. The van der Waals surface area contributed by atoms with Gasteiger partial charge in [-0.25, -0.2) is 0 Å². The molecule has 0 aromatic carbocycles. The van der Waals surface area contributed by atoms with Crippen molar-refractivity contribution in [3.63, 3.8) is 0 Å². The molecule has 2 rings (SSSR count). The maximum atomic E-state index is 11.2. The van der Waals surface area contributed by atoms with Gasteiger partial charge in [0.1, 0.15) is 6.61 Å². The summed E-state index contributed by atoms with van der Waals surface area (Å²) >= 11 is 0. The fraction of sp³-hybridized carbons (Fsp3) is 0.682. The first-order valence-corrected chi connectivity index (χ1v) is 9.71. The largest absolute Gasteiger partial charge is 0.461 e. The lowest BCUT2D eigenvalue weighted by Crippen LogP contribution is -2.21. The third-order valence-electron chi connectivity index (χ3n) is 5.66. The van der Waals surface area contributed by atoms with Gasteiger partial charge in [0.25, 0.3) is 0 Å². The molecular weight excluding hydrogens is 328 g/mol. The number of allylic oxidation sites excluding steroid dienone is 2. The monoisotopic (exact) mass is 362 g/mol. The fourth-order valence-corrected chi connectivity index (χ4v) is 3.75. The van der Waals surface area contributed by atoms with Gasteiger partial charge in [-0.05, 0) is 64.9 Å². The molecule has 1 aliphatic carbocycles. The molecule has 0 saturated carbocycles. The van der Waals surface area contributed by atoms with Crippen molar-refractivity contribution >= 4 is 5.97 Å². The number of carbonyl (C=O) groups excluding carboxylic acids is 1. The van der Waals surface area contributed by atoms with Gasteiger partial charge in [0.05, 0.1) is 17.8 Å². The van der Waals surface area contributed by atoms with Crippen LogP contribution >= 0.6 is 0 Å². The Kier molecular flexibility index (Phi) is 7.24. The third kappa shape index (κ3) is 6.10. The first-order chi connectivity index (χ1) is 12.2. The highest BCUT2D eigenvalue weighted by molar-refractivity contribution is 5.66. The molecule has 0 radical (unpaired) electrons. The van der Waals surface area contributed by atoms with Gasteiger partial charge in [-0.2, -0.15) is 0 Å². The van der Waals surface area contributed by atoms with Crippen molar-refractivity contribution in [3.8, 4) is 0 Å². The maximum absolute atomic E-state index is 11.2. The summed E-state index contributed by atoms with van der Waals surface area (Å²) < 4.78 is 11.1. The molecule has 0 aromatic heterocycles. The molecule has 2 aliphatic rings. The van der Waals surface area contributed by atoms with Crippen LogP contribution in [0.4, 0.5) is 0 Å². The number of carbonyl (C=O) groups is 1. The van der Waals surface area contributed by atoms with Crippen LogP contribution in [0.1, 0.15) is 66.2 Å². The average Bonchev–Trinajstić information content (AvgIpc) is 3.19. The van der Waals surface area contributed by atoms with Gasteiger partial charge in [0.15, 0.2) is 0 Å². The van der Waals surface area contributed by atoms with Crippen molar-refractivity contribution in [2.24, 2.45) is 5.92 Å². The van der Waals surface area contributed by atoms with Crippen molar-refractivity contribution < 1.29 is 19.4 Å². The number of epoxide rings is 1. The molecule has 1 unspecified atom stereocenters. The minimum Gasteiger partial charge on any atom is -0.461 e. The van der Waals surface area contributed by atoms with Gasteiger partial charge in [-0.1, -0.05) is 29.9 Å². The van der Waals surface area contributed by atoms with Crippen molar-refractivity contribution in [3.05, 3.63) is 35.5 Å². The number of esters is 1. The Balaban J connectivity index is 2.18. The number of fused-ring (bicyclic) bond motifs is 1. The van der Waals surface area contributed by atoms with Crippen LogP contribution in [0.25, 0.3) is 0 Å². The SMILES string of the molecule is C=C(C)C1CC/C(C)=C/CC[C@]2(C)O[C@H]2CC/C(COC(C)=O)=C\[C@@H]1O. The zero-order valence-corrected chi connectivity index (χ0v) is 16.7. The molecule has 4 heteroatoms. The highest BCUT2D eigenvalue weighted by atomic mass is 16.6. The summed E-state index contributed by atoms with van der Waals surface area (Å²) in [6, 6.07) is 0. The van der Waals surface area contributed by atoms with Gasteiger partial charge in [0.2, 0.25) is 0 Å². The zero-order valence-electron chi connectivity index (χ0n) is 16.7. The minimum absolute atomic E-state index is 0.0102. The number of aliphatic hydroxyl groups excluding tert-OH is 1. The van der Waals surface area contributed by atoms with E-state index >= 15 is 0 Å². The van der Waals surface area contributed by atoms with Crippen LogP contribution in [0, 0.1) is 5.92 Å². The molecule has 0 aromatic rings. The van der Waals surface area contributed by atoms with Gasteiger partial charge in [-0.15, -0.1) is 0 Å². The lowest BCUT2D eigenvalue weighted by Gasteiger charge is -2.23. The van der Waals surface area contributed by atoms with Crippen molar-refractivity contribution in [2.45, 2.75) is 84.0 Å². The van der Waals surface area contributed by atoms with Crippen LogP contribution in [0.2, 0.25) is 0 Å². The Hall–Kier alpha value is -1.39. The number of aliphatic hydroxyl groups is 1. The van der Waals surface area contributed by atoms with E-state index in [0.29, 0.717) is 0 Å². The maximum Gasteiger partial charge on any atom is 0.302 e. The van der Waals surface area contributed by atoms with Crippen LogP contribution in [-0.2, 0) is 14.3 Å². The first-order valence-electron chi connectivity index (χ1n) is 9.71. The second-order valence-corrected chi connectivity index (χ2v) is 8.13. The number of hydrogen-bond donors (Lipinski definition) is 1. The number of hydrogen-bond acceptors (Lipinski definition) is 4. The van der Waals surface area contributed by atoms with E-state index in [4.69, 9.17) is 9.47 Å². The summed E-state index contributed by atoms with van der Waals surface area (Å²) in [5.74, 6) is -0.291. The minimum atomic E-state index is -0.611. The molecular formula is C22H34O4. The smallest absolute Gasteiger partial charge is 0.302 e. The van der Waals surface area contributed by atoms with Gasteiger partial charge < -0.3 is 14.6 Å². The predicted octanol–water partition coefficient (Wildman–Crippen LogP) is 4.49. The van der Waals surface area contributed by atoms with Gasteiger partial charge in [0, 0.05) is 12.8 Å². The summed E-state index contributed by atoms with van der Waals surface area (Å²) in [5.41, 5.74) is 3.26. The first kappa shape index (κ1) is 20.9. The van der Waals surface area contributed by atoms with Crippen LogP contribution in [-0.4, -0.2) is 35.5 Å².